The van der Waals surface area contributed by atoms with Gasteiger partial charge < -0.3 is 0 Å². The molecular weight excluding hydrogens is 264 g/mol. The van der Waals surface area contributed by atoms with Gasteiger partial charge in [0.15, 0.2) is 0 Å². The second-order valence-electron chi connectivity index (χ2n) is 5.22. The molecule has 1 fully saturated rings. The molecule has 3 heteroatoms. The molecule has 1 aliphatic rings. The summed E-state index contributed by atoms with van der Waals surface area (Å²) in [4.78, 5) is 7.11. The summed E-state index contributed by atoms with van der Waals surface area (Å²) in [5.74, 6) is 0. The maximum Gasteiger partial charge on any atom is 0.100 e. The topological polar surface area (TPSA) is 16.1 Å². The predicted octanol–water partition coefficient (Wildman–Crippen LogP) is 4.14. The van der Waals surface area contributed by atoms with Crippen molar-refractivity contribution < 1.29 is 0 Å². The Morgan fingerprint density at radius 3 is 2.85 bits per heavy atom. The van der Waals surface area contributed by atoms with Crippen LogP contribution in [-0.2, 0) is 6.54 Å². The van der Waals surface area contributed by atoms with Gasteiger partial charge in [0.25, 0.3) is 0 Å². The van der Waals surface area contributed by atoms with Gasteiger partial charge in [0, 0.05) is 24.3 Å². The number of likely N-dealkylation sites (tertiary alicyclic amines) is 1. The highest BCUT2D eigenvalue weighted by atomic mass is 32.2. The van der Waals surface area contributed by atoms with Gasteiger partial charge in [-0.25, -0.2) is 4.98 Å². The summed E-state index contributed by atoms with van der Waals surface area (Å²) in [5.41, 5.74) is 2.79. The third-order valence-electron chi connectivity index (χ3n) is 3.95. The molecule has 2 heterocycles. The van der Waals surface area contributed by atoms with Gasteiger partial charge in [-0.3, -0.25) is 4.90 Å². The fourth-order valence-electron chi connectivity index (χ4n) is 3.01. The van der Waals surface area contributed by atoms with Crippen molar-refractivity contribution in [3.63, 3.8) is 0 Å². The number of benzene rings is 1. The summed E-state index contributed by atoms with van der Waals surface area (Å²) in [6.45, 7) is 2.22. The molecule has 2 aromatic rings. The number of pyridine rings is 1. The van der Waals surface area contributed by atoms with Crippen LogP contribution in [0.1, 0.15) is 30.0 Å². The molecule has 0 N–H and O–H groups in total. The van der Waals surface area contributed by atoms with E-state index in [1.165, 1.54) is 35.5 Å². The van der Waals surface area contributed by atoms with Crippen molar-refractivity contribution in [3.05, 3.63) is 59.8 Å². The molecule has 0 aliphatic carbocycles. The van der Waals surface area contributed by atoms with Crippen molar-refractivity contribution in [2.45, 2.75) is 30.5 Å². The minimum absolute atomic E-state index is 0.520. The molecule has 0 amide bonds. The highest BCUT2D eigenvalue weighted by molar-refractivity contribution is 7.98. The van der Waals surface area contributed by atoms with Gasteiger partial charge in [-0.1, -0.05) is 36.4 Å². The molecule has 1 atom stereocenters. The van der Waals surface area contributed by atoms with Gasteiger partial charge >= 0.3 is 0 Å². The lowest BCUT2D eigenvalue weighted by atomic mass is 10.1. The summed E-state index contributed by atoms with van der Waals surface area (Å²) in [6.07, 6.45) is 6.53. The van der Waals surface area contributed by atoms with Crippen LogP contribution < -0.4 is 0 Å². The first-order valence-corrected chi connectivity index (χ1v) is 8.38. The highest BCUT2D eigenvalue weighted by Crippen LogP contribution is 2.36. The lowest BCUT2D eigenvalue weighted by molar-refractivity contribution is 0.245. The zero-order chi connectivity index (χ0) is 13.8. The molecule has 1 saturated heterocycles. The van der Waals surface area contributed by atoms with E-state index < -0.39 is 0 Å². The molecule has 0 saturated carbocycles. The van der Waals surface area contributed by atoms with Crippen LogP contribution in [0.15, 0.2) is 53.7 Å². The lowest BCUT2D eigenvalue weighted by Crippen LogP contribution is -2.23. The number of hydrogen-bond acceptors (Lipinski definition) is 3. The van der Waals surface area contributed by atoms with E-state index >= 15 is 0 Å². The summed E-state index contributed by atoms with van der Waals surface area (Å²) in [6, 6.07) is 15.6. The molecule has 0 radical (unpaired) electrons. The molecule has 0 bridgehead atoms. The monoisotopic (exact) mass is 284 g/mol. The smallest absolute Gasteiger partial charge is 0.100 e. The molecule has 0 unspecified atom stereocenters. The van der Waals surface area contributed by atoms with Crippen LogP contribution in [0.4, 0.5) is 0 Å². The molecule has 104 valence electrons. The van der Waals surface area contributed by atoms with E-state index in [0.29, 0.717) is 6.04 Å². The molecular formula is C17H20N2S. The van der Waals surface area contributed by atoms with Crippen molar-refractivity contribution in [1.29, 1.82) is 0 Å². The third kappa shape index (κ3) is 2.89. The van der Waals surface area contributed by atoms with Crippen LogP contribution in [0.5, 0.6) is 0 Å². The van der Waals surface area contributed by atoms with E-state index in [-0.39, 0.29) is 0 Å². The molecule has 20 heavy (non-hydrogen) atoms. The largest absolute Gasteiger partial charge is 0.292 e. The predicted molar refractivity (Wildman–Crippen MR) is 84.8 cm³/mol. The van der Waals surface area contributed by atoms with Crippen molar-refractivity contribution >= 4 is 11.8 Å². The Balaban J connectivity index is 1.82. The Morgan fingerprint density at radius 1 is 1.20 bits per heavy atom. The van der Waals surface area contributed by atoms with Gasteiger partial charge in [0.05, 0.1) is 0 Å². The molecule has 1 aromatic carbocycles. The SMILES string of the molecule is CSc1ncccc1[C@H]1CCCN1Cc1ccccc1. The zero-order valence-corrected chi connectivity index (χ0v) is 12.6. The first-order chi connectivity index (χ1) is 9.88. The Kier molecular flexibility index (Phi) is 4.38. The number of hydrogen-bond donors (Lipinski definition) is 0. The van der Waals surface area contributed by atoms with E-state index in [4.69, 9.17) is 0 Å². The summed E-state index contributed by atoms with van der Waals surface area (Å²) < 4.78 is 0. The maximum atomic E-state index is 4.52. The molecule has 1 aromatic heterocycles. The minimum Gasteiger partial charge on any atom is -0.292 e. The van der Waals surface area contributed by atoms with Crippen molar-refractivity contribution in [2.75, 3.05) is 12.8 Å². The first kappa shape index (κ1) is 13.7. The fourth-order valence-corrected chi connectivity index (χ4v) is 3.62. The fraction of sp³-hybridized carbons (Fsp3) is 0.353. The van der Waals surface area contributed by atoms with Gasteiger partial charge in [-0.2, -0.15) is 0 Å². The van der Waals surface area contributed by atoms with Crippen LogP contribution in [0.25, 0.3) is 0 Å². The highest BCUT2D eigenvalue weighted by Gasteiger charge is 2.27. The first-order valence-electron chi connectivity index (χ1n) is 7.15. The Hall–Kier alpha value is -1.32. The van der Waals surface area contributed by atoms with Crippen LogP contribution in [0.3, 0.4) is 0 Å². The minimum atomic E-state index is 0.520. The molecule has 1 aliphatic heterocycles. The van der Waals surface area contributed by atoms with Gasteiger partial charge in [0.1, 0.15) is 5.03 Å². The molecule has 3 rings (SSSR count). The van der Waals surface area contributed by atoms with Crippen molar-refractivity contribution in [1.82, 2.24) is 9.88 Å². The van der Waals surface area contributed by atoms with E-state index in [0.717, 1.165) is 6.54 Å². The average Bonchev–Trinajstić information content (AvgIpc) is 2.96. The number of rotatable bonds is 4. The second-order valence-corrected chi connectivity index (χ2v) is 6.01. The van der Waals surface area contributed by atoms with Crippen LogP contribution in [-0.4, -0.2) is 22.7 Å². The number of aromatic nitrogens is 1. The van der Waals surface area contributed by atoms with E-state index in [1.807, 2.05) is 6.20 Å². The molecule has 0 spiro atoms. The van der Waals surface area contributed by atoms with Crippen LogP contribution in [0.2, 0.25) is 0 Å². The van der Waals surface area contributed by atoms with Crippen LogP contribution >= 0.6 is 11.8 Å². The maximum absolute atomic E-state index is 4.52. The average molecular weight is 284 g/mol. The van der Waals surface area contributed by atoms with Crippen molar-refractivity contribution in [2.24, 2.45) is 0 Å². The van der Waals surface area contributed by atoms with Crippen LogP contribution in [0, 0.1) is 0 Å². The van der Waals surface area contributed by atoms with Gasteiger partial charge in [-0.05, 0) is 37.3 Å². The number of thioether (sulfide) groups is 1. The normalized spacial score (nSPS) is 19.4. The molecule has 2 nitrogen and oxygen atoms in total. The summed E-state index contributed by atoms with van der Waals surface area (Å²) in [5, 5.41) is 1.18. The zero-order valence-electron chi connectivity index (χ0n) is 11.8. The third-order valence-corrected chi connectivity index (χ3v) is 4.67. The van der Waals surface area contributed by atoms with E-state index in [1.54, 1.807) is 11.8 Å². The number of nitrogens with zero attached hydrogens (tertiary/aromatic N) is 2. The standard InChI is InChI=1S/C17H20N2S/c1-20-17-15(9-5-11-18-17)16-10-6-12-19(16)13-14-7-3-2-4-8-14/h2-5,7-9,11,16H,6,10,12-13H2,1H3/t16-/m1/s1. The quantitative estimate of drug-likeness (QED) is 0.785. The van der Waals surface area contributed by atoms with E-state index in [2.05, 4.69) is 58.6 Å². The summed E-state index contributed by atoms with van der Waals surface area (Å²) >= 11 is 1.75. The summed E-state index contributed by atoms with van der Waals surface area (Å²) in [7, 11) is 0. The Morgan fingerprint density at radius 2 is 2.05 bits per heavy atom. The second kappa shape index (κ2) is 6.42. The van der Waals surface area contributed by atoms with Crippen molar-refractivity contribution in [3.8, 4) is 0 Å². The van der Waals surface area contributed by atoms with Gasteiger partial charge in [0.2, 0.25) is 0 Å². The Labute approximate surface area is 125 Å². The van der Waals surface area contributed by atoms with Gasteiger partial charge in [-0.15, -0.1) is 11.8 Å². The Bertz CT molecular complexity index is 556. The van der Waals surface area contributed by atoms with E-state index in [9.17, 15) is 0 Å². The lowest BCUT2D eigenvalue weighted by Gasteiger charge is -2.25.